The second-order valence-corrected chi connectivity index (χ2v) is 5.03. The zero-order chi connectivity index (χ0) is 15.5. The molecule has 114 valence electrons. The predicted octanol–water partition coefficient (Wildman–Crippen LogP) is 0.647. The number of rotatable bonds is 5. The molecule has 1 fully saturated rings. The largest absolute Gasteiger partial charge is 0.394 e. The number of ether oxygens (including phenoxy) is 1. The summed E-state index contributed by atoms with van der Waals surface area (Å²) in [5, 5.41) is 23.8. The van der Waals surface area contributed by atoms with Crippen molar-refractivity contribution in [2.45, 2.75) is 18.4 Å². The second-order valence-electron chi connectivity index (χ2n) is 5.03. The third kappa shape index (κ3) is 3.29. The van der Waals surface area contributed by atoms with Crippen LogP contribution in [0.15, 0.2) is 18.2 Å². The van der Waals surface area contributed by atoms with Gasteiger partial charge in [-0.15, -0.1) is 0 Å². The molecule has 8 heteroatoms. The highest BCUT2D eigenvalue weighted by molar-refractivity contribution is 5.94. The average molecular weight is 295 g/mol. The monoisotopic (exact) mass is 295 g/mol. The molecule has 1 aromatic rings. The molecule has 2 rings (SSSR count). The van der Waals surface area contributed by atoms with Gasteiger partial charge < -0.3 is 20.9 Å². The summed E-state index contributed by atoms with van der Waals surface area (Å²) in [6.07, 6.45) is 1.08. The molecule has 1 aliphatic rings. The summed E-state index contributed by atoms with van der Waals surface area (Å²) in [6, 6.07) is 3.99. The van der Waals surface area contributed by atoms with Gasteiger partial charge in [-0.05, 0) is 25.0 Å². The van der Waals surface area contributed by atoms with E-state index in [1.54, 1.807) is 0 Å². The summed E-state index contributed by atoms with van der Waals surface area (Å²) in [6.45, 7) is 0.784. The minimum Gasteiger partial charge on any atom is -0.394 e. The molecule has 1 aliphatic heterocycles. The summed E-state index contributed by atoms with van der Waals surface area (Å²) < 4.78 is 5.25. The number of carbonyl (C=O) groups excluding carboxylic acids is 1. The van der Waals surface area contributed by atoms with Crippen LogP contribution in [0, 0.1) is 10.1 Å². The van der Waals surface area contributed by atoms with Crippen LogP contribution < -0.4 is 11.1 Å². The fourth-order valence-electron chi connectivity index (χ4n) is 2.31. The maximum absolute atomic E-state index is 11.2. The van der Waals surface area contributed by atoms with Crippen molar-refractivity contribution in [3.05, 3.63) is 33.9 Å². The van der Waals surface area contributed by atoms with Crippen LogP contribution in [-0.2, 0) is 4.74 Å². The topological polar surface area (TPSA) is 128 Å². The standard InChI is InChI=1S/C13H17N3O5/c14-12(18)9-1-2-10(11(7-9)16(19)20)15-13(8-17)3-5-21-6-4-13/h1-2,7,15,17H,3-6,8H2,(H2,14,18). The van der Waals surface area contributed by atoms with Gasteiger partial charge in [-0.1, -0.05) is 0 Å². The fourth-order valence-corrected chi connectivity index (χ4v) is 2.31. The number of nitrogens with one attached hydrogen (secondary N) is 1. The number of anilines is 1. The smallest absolute Gasteiger partial charge is 0.293 e. The quantitative estimate of drug-likeness (QED) is 0.540. The van der Waals surface area contributed by atoms with E-state index in [0.717, 1.165) is 6.07 Å². The number of primary amides is 1. The van der Waals surface area contributed by atoms with Crippen LogP contribution >= 0.6 is 0 Å². The summed E-state index contributed by atoms with van der Waals surface area (Å²) in [4.78, 5) is 21.7. The van der Waals surface area contributed by atoms with Crippen LogP contribution in [0.3, 0.4) is 0 Å². The van der Waals surface area contributed by atoms with Gasteiger partial charge in [0.2, 0.25) is 5.91 Å². The van der Waals surface area contributed by atoms with E-state index in [9.17, 15) is 20.0 Å². The van der Waals surface area contributed by atoms with E-state index < -0.39 is 16.4 Å². The minimum absolute atomic E-state index is 0.0669. The lowest BCUT2D eigenvalue weighted by atomic mass is 9.90. The highest BCUT2D eigenvalue weighted by Gasteiger charge is 2.33. The molecular formula is C13H17N3O5. The summed E-state index contributed by atoms with van der Waals surface area (Å²) in [7, 11) is 0. The lowest BCUT2D eigenvalue weighted by Gasteiger charge is -2.37. The molecule has 4 N–H and O–H groups in total. The van der Waals surface area contributed by atoms with Crippen molar-refractivity contribution in [2.24, 2.45) is 5.73 Å². The zero-order valence-electron chi connectivity index (χ0n) is 11.4. The molecule has 0 spiro atoms. The molecule has 0 aromatic heterocycles. The summed E-state index contributed by atoms with van der Waals surface area (Å²) in [5.41, 5.74) is 4.55. The first-order chi connectivity index (χ1) is 9.97. The highest BCUT2D eigenvalue weighted by Crippen LogP contribution is 2.32. The molecule has 1 aromatic carbocycles. The van der Waals surface area contributed by atoms with E-state index in [1.807, 2.05) is 0 Å². The van der Waals surface area contributed by atoms with Gasteiger partial charge in [0.15, 0.2) is 0 Å². The van der Waals surface area contributed by atoms with Crippen molar-refractivity contribution >= 4 is 17.3 Å². The number of nitro groups is 1. The van der Waals surface area contributed by atoms with Crippen molar-refractivity contribution in [2.75, 3.05) is 25.1 Å². The maximum Gasteiger partial charge on any atom is 0.293 e. The number of hydrogen-bond acceptors (Lipinski definition) is 6. The molecule has 0 aliphatic carbocycles. The molecule has 8 nitrogen and oxygen atoms in total. The third-order valence-corrected chi connectivity index (χ3v) is 3.63. The molecule has 1 amide bonds. The first-order valence-electron chi connectivity index (χ1n) is 6.52. The van der Waals surface area contributed by atoms with Gasteiger partial charge in [-0.3, -0.25) is 14.9 Å². The first-order valence-corrected chi connectivity index (χ1v) is 6.52. The molecule has 0 unspecified atom stereocenters. The van der Waals surface area contributed by atoms with Crippen molar-refractivity contribution in [1.29, 1.82) is 0 Å². The van der Waals surface area contributed by atoms with Crippen LogP contribution in [-0.4, -0.2) is 41.3 Å². The van der Waals surface area contributed by atoms with E-state index in [1.165, 1.54) is 12.1 Å². The van der Waals surface area contributed by atoms with Crippen LogP contribution in [0.5, 0.6) is 0 Å². The van der Waals surface area contributed by atoms with Crippen molar-refractivity contribution in [3.8, 4) is 0 Å². The Hall–Kier alpha value is -2.19. The Kier molecular flexibility index (Phi) is 4.39. The van der Waals surface area contributed by atoms with E-state index >= 15 is 0 Å². The number of amides is 1. The lowest BCUT2D eigenvalue weighted by Crippen LogP contribution is -2.47. The number of nitro benzene ring substituents is 1. The Bertz CT molecular complexity index is 555. The van der Waals surface area contributed by atoms with Crippen molar-refractivity contribution in [3.63, 3.8) is 0 Å². The zero-order valence-corrected chi connectivity index (χ0v) is 11.4. The van der Waals surface area contributed by atoms with Gasteiger partial charge in [0, 0.05) is 24.8 Å². The Labute approximate surface area is 121 Å². The fraction of sp³-hybridized carbons (Fsp3) is 0.462. The summed E-state index contributed by atoms with van der Waals surface area (Å²) in [5.74, 6) is -0.729. The van der Waals surface area contributed by atoms with Crippen LogP contribution in [0.1, 0.15) is 23.2 Å². The molecule has 1 heterocycles. The minimum atomic E-state index is -0.729. The predicted molar refractivity (Wildman–Crippen MR) is 75.1 cm³/mol. The van der Waals surface area contributed by atoms with Crippen LogP contribution in [0.4, 0.5) is 11.4 Å². The summed E-state index contributed by atoms with van der Waals surface area (Å²) >= 11 is 0. The third-order valence-electron chi connectivity index (χ3n) is 3.63. The van der Waals surface area contributed by atoms with Crippen molar-refractivity contribution < 1.29 is 19.6 Å². The van der Waals surface area contributed by atoms with Gasteiger partial charge in [-0.2, -0.15) is 0 Å². The highest BCUT2D eigenvalue weighted by atomic mass is 16.6. The van der Waals surface area contributed by atoms with E-state index in [-0.39, 0.29) is 23.5 Å². The van der Waals surface area contributed by atoms with E-state index in [4.69, 9.17) is 10.5 Å². The average Bonchev–Trinajstić information content (AvgIpc) is 2.48. The van der Waals surface area contributed by atoms with Gasteiger partial charge in [-0.25, -0.2) is 0 Å². The Balaban J connectivity index is 2.34. The molecule has 0 saturated carbocycles. The van der Waals surface area contributed by atoms with E-state index in [0.29, 0.717) is 26.1 Å². The Morgan fingerprint density at radius 2 is 2.14 bits per heavy atom. The SMILES string of the molecule is NC(=O)c1ccc(NC2(CO)CCOCC2)c([N+](=O)[O-])c1. The number of aliphatic hydroxyl groups excluding tert-OH is 1. The molecular weight excluding hydrogens is 278 g/mol. The van der Waals surface area contributed by atoms with E-state index in [2.05, 4.69) is 5.32 Å². The van der Waals surface area contributed by atoms with Crippen LogP contribution in [0.2, 0.25) is 0 Å². The number of hydrogen-bond donors (Lipinski definition) is 3. The van der Waals surface area contributed by atoms with Crippen LogP contribution in [0.25, 0.3) is 0 Å². The number of aliphatic hydroxyl groups is 1. The molecule has 0 atom stereocenters. The van der Waals surface area contributed by atoms with Crippen molar-refractivity contribution in [1.82, 2.24) is 0 Å². The number of carbonyl (C=O) groups is 1. The molecule has 1 saturated heterocycles. The number of benzene rings is 1. The van der Waals surface area contributed by atoms with Gasteiger partial charge in [0.05, 0.1) is 17.1 Å². The Morgan fingerprint density at radius 1 is 1.48 bits per heavy atom. The number of nitrogens with two attached hydrogens (primary N) is 1. The Morgan fingerprint density at radius 3 is 2.67 bits per heavy atom. The maximum atomic E-state index is 11.2. The van der Waals surface area contributed by atoms with Gasteiger partial charge in [0.1, 0.15) is 5.69 Å². The molecule has 0 radical (unpaired) electrons. The lowest BCUT2D eigenvalue weighted by molar-refractivity contribution is -0.384. The first kappa shape index (κ1) is 15.2. The molecule has 0 bridgehead atoms. The van der Waals surface area contributed by atoms with Gasteiger partial charge >= 0.3 is 0 Å². The normalized spacial score (nSPS) is 17.2. The number of nitrogens with zero attached hydrogens (tertiary/aromatic N) is 1. The second kappa shape index (κ2) is 6.06. The molecule has 21 heavy (non-hydrogen) atoms. The van der Waals surface area contributed by atoms with Gasteiger partial charge in [0.25, 0.3) is 5.69 Å².